The SMILES string of the molecule is COC(c1ccc2ccccc2c1)c1cc2cc([N+](=O)[O-])ccc2o1. The van der Waals surface area contributed by atoms with Gasteiger partial charge in [-0.15, -0.1) is 0 Å². The Kier molecular flexibility index (Phi) is 3.71. The summed E-state index contributed by atoms with van der Waals surface area (Å²) in [6.45, 7) is 0. The van der Waals surface area contributed by atoms with Crippen LogP contribution < -0.4 is 0 Å². The molecule has 0 N–H and O–H groups in total. The maximum absolute atomic E-state index is 10.9. The van der Waals surface area contributed by atoms with E-state index < -0.39 is 4.92 Å². The molecule has 0 saturated heterocycles. The van der Waals surface area contributed by atoms with Crippen LogP contribution in [-0.4, -0.2) is 12.0 Å². The number of benzene rings is 3. The molecule has 0 aliphatic heterocycles. The number of methoxy groups -OCH3 is 1. The van der Waals surface area contributed by atoms with E-state index in [4.69, 9.17) is 9.15 Å². The van der Waals surface area contributed by atoms with Crippen molar-refractivity contribution in [3.05, 3.63) is 88.2 Å². The minimum Gasteiger partial charge on any atom is -0.458 e. The van der Waals surface area contributed by atoms with Gasteiger partial charge in [0.25, 0.3) is 5.69 Å². The summed E-state index contributed by atoms with van der Waals surface area (Å²) in [5, 5.41) is 13.9. The maximum atomic E-state index is 10.9. The van der Waals surface area contributed by atoms with Crippen LogP contribution in [0.2, 0.25) is 0 Å². The second-order valence-electron chi connectivity index (χ2n) is 5.85. The lowest BCUT2D eigenvalue weighted by Gasteiger charge is -2.14. The zero-order valence-electron chi connectivity index (χ0n) is 13.5. The van der Waals surface area contributed by atoms with Gasteiger partial charge in [-0.3, -0.25) is 10.1 Å². The molecule has 5 nitrogen and oxygen atoms in total. The predicted molar refractivity (Wildman–Crippen MR) is 95.7 cm³/mol. The van der Waals surface area contributed by atoms with Crippen LogP contribution >= 0.6 is 0 Å². The molecule has 5 heteroatoms. The molecule has 124 valence electrons. The van der Waals surface area contributed by atoms with Gasteiger partial charge in [0.15, 0.2) is 0 Å². The van der Waals surface area contributed by atoms with Crippen LogP contribution in [-0.2, 0) is 4.74 Å². The van der Waals surface area contributed by atoms with Crippen molar-refractivity contribution in [2.75, 3.05) is 7.11 Å². The Morgan fingerprint density at radius 1 is 0.960 bits per heavy atom. The van der Waals surface area contributed by atoms with Crippen LogP contribution in [0.5, 0.6) is 0 Å². The minimum atomic E-state index is -0.413. The molecule has 1 heterocycles. The van der Waals surface area contributed by atoms with Gasteiger partial charge in [-0.2, -0.15) is 0 Å². The molecule has 1 atom stereocenters. The van der Waals surface area contributed by atoms with Gasteiger partial charge in [0.1, 0.15) is 17.4 Å². The number of rotatable bonds is 4. The average Bonchev–Trinajstić information content (AvgIpc) is 3.05. The van der Waals surface area contributed by atoms with E-state index in [1.807, 2.05) is 30.3 Å². The molecule has 4 aromatic rings. The fourth-order valence-corrected chi connectivity index (χ4v) is 3.08. The average molecular weight is 333 g/mol. The number of nitrogens with zero attached hydrogens (tertiary/aromatic N) is 1. The lowest BCUT2D eigenvalue weighted by molar-refractivity contribution is -0.384. The Bertz CT molecular complexity index is 1080. The normalized spacial score (nSPS) is 12.5. The number of nitro benzene ring substituents is 1. The standard InChI is InChI=1S/C20H15NO4/c1-24-20(15-7-6-13-4-2-3-5-14(13)10-15)19-12-16-11-17(21(22)23)8-9-18(16)25-19/h2-12,20H,1H3. The van der Waals surface area contributed by atoms with E-state index in [0.717, 1.165) is 16.3 Å². The van der Waals surface area contributed by atoms with E-state index in [9.17, 15) is 10.1 Å². The quantitative estimate of drug-likeness (QED) is 0.379. The molecule has 0 bridgehead atoms. The molecular weight excluding hydrogens is 318 g/mol. The lowest BCUT2D eigenvalue weighted by Crippen LogP contribution is -2.02. The van der Waals surface area contributed by atoms with Crippen LogP contribution in [0.3, 0.4) is 0 Å². The van der Waals surface area contributed by atoms with Crippen LogP contribution in [0.25, 0.3) is 21.7 Å². The van der Waals surface area contributed by atoms with Crippen LogP contribution in [0.15, 0.2) is 71.1 Å². The molecule has 4 rings (SSSR count). The minimum absolute atomic E-state index is 0.0412. The highest BCUT2D eigenvalue weighted by atomic mass is 16.6. The first-order valence-corrected chi connectivity index (χ1v) is 7.85. The largest absolute Gasteiger partial charge is 0.458 e. The summed E-state index contributed by atoms with van der Waals surface area (Å²) in [4.78, 5) is 10.5. The zero-order valence-corrected chi connectivity index (χ0v) is 13.5. The van der Waals surface area contributed by atoms with Crippen molar-refractivity contribution in [3.63, 3.8) is 0 Å². The third-order valence-corrected chi connectivity index (χ3v) is 4.30. The monoisotopic (exact) mass is 333 g/mol. The molecule has 0 spiro atoms. The van der Waals surface area contributed by atoms with Gasteiger partial charge in [0, 0.05) is 24.6 Å². The number of hydrogen-bond acceptors (Lipinski definition) is 4. The van der Waals surface area contributed by atoms with Gasteiger partial charge in [-0.25, -0.2) is 0 Å². The van der Waals surface area contributed by atoms with Crippen molar-refractivity contribution in [2.24, 2.45) is 0 Å². The van der Waals surface area contributed by atoms with Gasteiger partial charge in [-0.1, -0.05) is 36.4 Å². The Balaban J connectivity index is 1.79. The summed E-state index contributed by atoms with van der Waals surface area (Å²) >= 11 is 0. The predicted octanol–water partition coefficient (Wildman–Crippen LogP) is 5.23. The van der Waals surface area contributed by atoms with Crippen LogP contribution in [0.4, 0.5) is 5.69 Å². The van der Waals surface area contributed by atoms with Crippen molar-refractivity contribution >= 4 is 27.4 Å². The second-order valence-corrected chi connectivity index (χ2v) is 5.85. The van der Waals surface area contributed by atoms with E-state index in [0.29, 0.717) is 16.7 Å². The molecule has 0 saturated carbocycles. The topological polar surface area (TPSA) is 65.5 Å². The van der Waals surface area contributed by atoms with E-state index in [2.05, 4.69) is 12.1 Å². The molecule has 0 fully saturated rings. The number of ether oxygens (including phenoxy) is 1. The first-order chi connectivity index (χ1) is 12.2. The third-order valence-electron chi connectivity index (χ3n) is 4.30. The van der Waals surface area contributed by atoms with Crippen molar-refractivity contribution in [1.29, 1.82) is 0 Å². The Morgan fingerprint density at radius 3 is 2.52 bits per heavy atom. The number of fused-ring (bicyclic) bond motifs is 2. The van der Waals surface area contributed by atoms with Gasteiger partial charge in [0.05, 0.1) is 4.92 Å². The number of hydrogen-bond donors (Lipinski definition) is 0. The third kappa shape index (κ3) is 2.75. The lowest BCUT2D eigenvalue weighted by atomic mass is 10.0. The summed E-state index contributed by atoms with van der Waals surface area (Å²) in [6, 6.07) is 20.6. The summed E-state index contributed by atoms with van der Waals surface area (Å²) in [7, 11) is 1.62. The van der Waals surface area contributed by atoms with Crippen molar-refractivity contribution < 1.29 is 14.1 Å². The second kappa shape index (κ2) is 6.03. The summed E-state index contributed by atoms with van der Waals surface area (Å²) in [5.74, 6) is 0.619. The van der Waals surface area contributed by atoms with Gasteiger partial charge in [-0.05, 0) is 34.5 Å². The molecule has 0 amide bonds. The number of nitro groups is 1. The molecule has 25 heavy (non-hydrogen) atoms. The van der Waals surface area contributed by atoms with Crippen molar-refractivity contribution in [1.82, 2.24) is 0 Å². The zero-order chi connectivity index (χ0) is 17.4. The molecule has 1 unspecified atom stereocenters. The fourth-order valence-electron chi connectivity index (χ4n) is 3.08. The summed E-state index contributed by atoms with van der Waals surface area (Å²) in [5.41, 5.74) is 1.61. The Labute approximate surface area is 143 Å². The molecular formula is C20H15NO4. The Morgan fingerprint density at radius 2 is 1.76 bits per heavy atom. The van der Waals surface area contributed by atoms with E-state index in [-0.39, 0.29) is 11.8 Å². The number of furan rings is 1. The van der Waals surface area contributed by atoms with E-state index in [1.165, 1.54) is 12.1 Å². The van der Waals surface area contributed by atoms with Crippen molar-refractivity contribution in [2.45, 2.75) is 6.10 Å². The van der Waals surface area contributed by atoms with Crippen molar-refractivity contribution in [3.8, 4) is 0 Å². The summed E-state index contributed by atoms with van der Waals surface area (Å²) in [6.07, 6.45) is -0.379. The molecule has 0 aliphatic carbocycles. The highest BCUT2D eigenvalue weighted by molar-refractivity contribution is 5.83. The Hall–Kier alpha value is -3.18. The smallest absolute Gasteiger partial charge is 0.270 e. The maximum Gasteiger partial charge on any atom is 0.270 e. The van der Waals surface area contributed by atoms with Gasteiger partial charge >= 0.3 is 0 Å². The highest BCUT2D eigenvalue weighted by Gasteiger charge is 2.19. The van der Waals surface area contributed by atoms with Crippen LogP contribution in [0.1, 0.15) is 17.4 Å². The van der Waals surface area contributed by atoms with E-state index in [1.54, 1.807) is 19.2 Å². The van der Waals surface area contributed by atoms with Crippen LogP contribution in [0, 0.1) is 10.1 Å². The number of non-ortho nitro benzene ring substituents is 1. The first-order valence-electron chi connectivity index (χ1n) is 7.85. The molecule has 3 aromatic carbocycles. The summed E-state index contributed by atoms with van der Waals surface area (Å²) < 4.78 is 11.5. The molecule has 0 aliphatic rings. The van der Waals surface area contributed by atoms with Gasteiger partial charge < -0.3 is 9.15 Å². The first kappa shape index (κ1) is 15.4. The fraction of sp³-hybridized carbons (Fsp3) is 0.100. The molecule has 1 aromatic heterocycles. The van der Waals surface area contributed by atoms with Gasteiger partial charge in [0.2, 0.25) is 0 Å². The van der Waals surface area contributed by atoms with E-state index >= 15 is 0 Å². The highest BCUT2D eigenvalue weighted by Crippen LogP contribution is 2.33. The molecule has 0 radical (unpaired) electrons.